The van der Waals surface area contributed by atoms with Crippen LogP contribution in [0.25, 0.3) is 22.7 Å². The van der Waals surface area contributed by atoms with Gasteiger partial charge < -0.3 is 10.1 Å². The van der Waals surface area contributed by atoms with Crippen LogP contribution in [0.15, 0.2) is 169 Å². The Balaban J connectivity index is 1.50. The lowest BCUT2D eigenvalue weighted by Crippen LogP contribution is -2.27. The number of aromatic nitrogens is 1. The molecule has 1 atom stereocenters. The molecule has 0 fully saturated rings. The molecule has 0 amide bonds. The van der Waals surface area contributed by atoms with E-state index >= 15 is 0 Å². The Hall–Kier alpha value is -5.31. The van der Waals surface area contributed by atoms with E-state index in [-0.39, 0.29) is 0 Å². The van der Waals surface area contributed by atoms with E-state index in [0.29, 0.717) is 0 Å². The van der Waals surface area contributed by atoms with Gasteiger partial charge in [-0.05, 0) is 48.8 Å². The van der Waals surface area contributed by atoms with Crippen LogP contribution >= 0.6 is 8.37 Å². The molecule has 3 aliphatic rings. The second-order valence-electron chi connectivity index (χ2n) is 11.2. The van der Waals surface area contributed by atoms with Gasteiger partial charge in [-0.3, -0.25) is 9.34 Å². The van der Waals surface area contributed by atoms with Crippen molar-refractivity contribution in [1.29, 1.82) is 0 Å². The van der Waals surface area contributed by atoms with E-state index in [1.807, 2.05) is 0 Å². The Morgan fingerprint density at radius 2 is 1.11 bits per heavy atom. The summed E-state index contributed by atoms with van der Waals surface area (Å²) in [7, 11) is -1.09. The molecule has 2 N–H and O–H groups in total. The zero-order valence-corrected chi connectivity index (χ0v) is 26.0. The van der Waals surface area contributed by atoms with E-state index in [1.54, 1.807) is 0 Å². The van der Waals surface area contributed by atoms with Gasteiger partial charge in [-0.15, -0.1) is 0 Å². The maximum Gasteiger partial charge on any atom is 0.215 e. The van der Waals surface area contributed by atoms with Crippen LogP contribution in [0.3, 0.4) is 0 Å². The average Bonchev–Trinajstić information content (AvgIpc) is 3.79. The largest absolute Gasteiger partial charge is 0.354 e. The van der Waals surface area contributed by atoms with Crippen LogP contribution in [-0.2, 0) is 0 Å². The van der Waals surface area contributed by atoms with E-state index in [9.17, 15) is 0 Å². The topological polar surface area (TPSA) is 34.3 Å². The number of rotatable bonds is 5. The summed E-state index contributed by atoms with van der Waals surface area (Å²) in [6, 6.07) is 47.6. The highest BCUT2D eigenvalue weighted by Crippen LogP contribution is 2.65. The predicted molar refractivity (Wildman–Crippen MR) is 187 cm³/mol. The molecule has 4 bridgehead atoms. The normalized spacial score (nSPS) is 20.8. The van der Waals surface area contributed by atoms with Gasteiger partial charge in [-0.2, -0.15) is 0 Å². The highest BCUT2D eigenvalue weighted by atomic mass is 31.1. The van der Waals surface area contributed by atoms with Crippen molar-refractivity contribution in [2.75, 3.05) is 0 Å². The third kappa shape index (κ3) is 4.75. The number of hydrogen-bond donors (Lipinski definition) is 2. The van der Waals surface area contributed by atoms with Gasteiger partial charge in [0.15, 0.2) is 0 Å². The van der Waals surface area contributed by atoms with Gasteiger partial charge in [-0.25, -0.2) is 0 Å². The Morgan fingerprint density at radius 3 is 1.71 bits per heavy atom. The predicted octanol–water partition coefficient (Wildman–Crippen LogP) is 8.09. The fraction of sp³-hybridized carbons (Fsp3) is 0.0500. The molecule has 0 saturated carbocycles. The second-order valence-corrected chi connectivity index (χ2v) is 12.8. The first-order valence-electron chi connectivity index (χ1n) is 15.4. The molecule has 4 heterocycles. The summed E-state index contributed by atoms with van der Waals surface area (Å²) in [4.78, 5) is 3.88. The van der Waals surface area contributed by atoms with E-state index in [2.05, 4.69) is 184 Å². The van der Waals surface area contributed by atoms with E-state index in [4.69, 9.17) is 0 Å². The monoisotopic (exact) mass is 600 g/mol. The van der Waals surface area contributed by atoms with E-state index < -0.39 is 8.37 Å². The number of fused-ring (bicyclic) bond motifs is 3. The molecule has 4 aromatic carbocycles. The quantitative estimate of drug-likeness (QED) is 0.200. The zero-order valence-electron chi connectivity index (χ0n) is 25.1. The molecule has 0 aliphatic carbocycles. The minimum Gasteiger partial charge on any atom is -0.354 e. The standard InChI is InChI=1S/C40H33N4P/c1-2-16-37-40(32-23-13-6-14-24-32)44-39(31-21-11-5-12-22-31)36-26-15-25-33(29-17-7-3-8-18-29)34-27-28-35(41-34)38(43(37)45(44)42-36)30-19-9-4-10-20-30/h2-24,26-28,41-42H,25H2,1H3/b16-2-,26-15-,34-33+,38-35-. The Bertz CT molecular complexity index is 2110. The van der Waals surface area contributed by atoms with Gasteiger partial charge >= 0.3 is 0 Å². The molecule has 0 spiro atoms. The molecule has 0 saturated heterocycles. The molecular weight excluding hydrogens is 567 g/mol. The van der Waals surface area contributed by atoms with Gasteiger partial charge in [-0.1, -0.05) is 133 Å². The van der Waals surface area contributed by atoms with E-state index in [1.165, 1.54) is 33.7 Å². The van der Waals surface area contributed by atoms with Crippen molar-refractivity contribution in [2.45, 2.75) is 13.3 Å². The number of nitrogens with zero attached hydrogens (tertiary/aromatic N) is 2. The van der Waals surface area contributed by atoms with Crippen molar-refractivity contribution in [3.63, 3.8) is 0 Å². The number of nitrogens with one attached hydrogen (secondary N) is 2. The molecule has 45 heavy (non-hydrogen) atoms. The summed E-state index contributed by atoms with van der Waals surface area (Å²) in [6.07, 6.45) is 9.81. The molecule has 4 nitrogen and oxygen atoms in total. The second kappa shape index (κ2) is 11.6. The summed E-state index contributed by atoms with van der Waals surface area (Å²) < 4.78 is 5.09. The first kappa shape index (κ1) is 27.3. The van der Waals surface area contributed by atoms with Crippen LogP contribution in [0, 0.1) is 0 Å². The molecule has 218 valence electrons. The molecular formula is C40H33N4P. The fourth-order valence-electron chi connectivity index (χ4n) is 6.47. The van der Waals surface area contributed by atoms with Crippen molar-refractivity contribution in [2.24, 2.45) is 0 Å². The molecule has 8 rings (SSSR count). The van der Waals surface area contributed by atoms with Gasteiger partial charge in [0.05, 0.1) is 33.8 Å². The van der Waals surface area contributed by atoms with Gasteiger partial charge in [0.25, 0.3) is 0 Å². The third-order valence-corrected chi connectivity index (χ3v) is 10.4. The first-order valence-corrected chi connectivity index (χ1v) is 16.7. The molecule has 5 aromatic rings. The molecule has 5 heteroatoms. The number of allylic oxidation sites excluding steroid dienone is 4. The molecule has 0 radical (unpaired) electrons. The Labute approximate surface area is 265 Å². The average molecular weight is 601 g/mol. The lowest BCUT2D eigenvalue weighted by molar-refractivity contribution is 0.786. The minimum absolute atomic E-state index is 0.796. The third-order valence-electron chi connectivity index (χ3n) is 8.42. The van der Waals surface area contributed by atoms with Crippen molar-refractivity contribution in [3.8, 4) is 0 Å². The van der Waals surface area contributed by atoms with Crippen molar-refractivity contribution in [3.05, 3.63) is 202 Å². The van der Waals surface area contributed by atoms with Crippen LogP contribution in [0.2, 0.25) is 0 Å². The maximum absolute atomic E-state index is 4.05. The molecule has 1 aromatic heterocycles. The fourth-order valence-corrected chi connectivity index (χ4v) is 8.84. The van der Waals surface area contributed by atoms with Crippen molar-refractivity contribution in [1.82, 2.24) is 19.4 Å². The highest BCUT2D eigenvalue weighted by Gasteiger charge is 2.47. The van der Waals surface area contributed by atoms with Crippen LogP contribution in [0.4, 0.5) is 0 Å². The molecule has 1 unspecified atom stereocenters. The van der Waals surface area contributed by atoms with Crippen LogP contribution in [0.1, 0.15) is 35.6 Å². The first-order chi connectivity index (χ1) is 22.3. The van der Waals surface area contributed by atoms with Crippen molar-refractivity contribution >= 4 is 31.0 Å². The number of H-pyrrole nitrogens is 1. The van der Waals surface area contributed by atoms with Crippen LogP contribution in [-0.4, -0.2) is 14.3 Å². The van der Waals surface area contributed by atoms with Crippen LogP contribution < -0.4 is 15.8 Å². The summed E-state index contributed by atoms with van der Waals surface area (Å²) >= 11 is 0. The van der Waals surface area contributed by atoms with Crippen molar-refractivity contribution < 1.29 is 0 Å². The SMILES string of the molecule is C/C=C\C1=C(c2ccccc2)N2C(c3ccccc3)=C3/C=C\C/C(c4ccccc4)=c4/cc/c([nH]4)=C(\c4ccccc4)N1P2N3. The summed E-state index contributed by atoms with van der Waals surface area (Å²) in [6.45, 7) is 2.11. The van der Waals surface area contributed by atoms with E-state index in [0.717, 1.165) is 39.8 Å². The van der Waals surface area contributed by atoms with Crippen LogP contribution in [0.5, 0.6) is 0 Å². The Morgan fingerprint density at radius 1 is 0.578 bits per heavy atom. The highest BCUT2D eigenvalue weighted by molar-refractivity contribution is 7.53. The summed E-state index contributed by atoms with van der Waals surface area (Å²) in [5, 5.41) is 6.27. The minimum atomic E-state index is -1.09. The number of benzene rings is 4. The molecule has 3 aliphatic heterocycles. The Kier molecular flexibility index (Phi) is 7.05. The zero-order chi connectivity index (χ0) is 30.2. The number of hydrogen-bond acceptors (Lipinski definition) is 3. The summed E-state index contributed by atoms with van der Waals surface area (Å²) in [5.74, 6) is 0. The lowest BCUT2D eigenvalue weighted by atomic mass is 10.0. The summed E-state index contributed by atoms with van der Waals surface area (Å²) in [5.41, 5.74) is 11.9. The number of aromatic amines is 1. The lowest BCUT2D eigenvalue weighted by Gasteiger charge is -2.31. The maximum atomic E-state index is 4.05. The van der Waals surface area contributed by atoms with Gasteiger partial charge in [0.2, 0.25) is 8.37 Å². The van der Waals surface area contributed by atoms with Gasteiger partial charge in [0.1, 0.15) is 0 Å². The smallest absolute Gasteiger partial charge is 0.215 e. The van der Waals surface area contributed by atoms with Gasteiger partial charge in [0, 0.05) is 22.0 Å².